The molecule has 3 nitrogen and oxygen atoms in total. The van der Waals surface area contributed by atoms with Gasteiger partial charge in [0.25, 0.3) is 0 Å². The molecule has 0 atom stereocenters. The van der Waals surface area contributed by atoms with Crippen LogP contribution < -0.4 is 9.47 Å². The van der Waals surface area contributed by atoms with E-state index in [1.807, 2.05) is 6.92 Å². The van der Waals surface area contributed by atoms with Gasteiger partial charge in [0.15, 0.2) is 11.5 Å². The fraction of sp³-hybridized carbons (Fsp3) is 0.333. The third-order valence-corrected chi connectivity index (χ3v) is 2.48. The Hall–Kier alpha value is -0.930. The van der Waals surface area contributed by atoms with Crippen LogP contribution in [0, 0.1) is 6.92 Å². The van der Waals surface area contributed by atoms with E-state index < -0.39 is 0 Å². The summed E-state index contributed by atoms with van der Waals surface area (Å²) < 4.78 is 10.4. The molecule has 0 bridgehead atoms. The van der Waals surface area contributed by atoms with Gasteiger partial charge in [-0.1, -0.05) is 11.6 Å². The zero-order valence-corrected chi connectivity index (χ0v) is 7.89. The Balaban J connectivity index is 2.62. The van der Waals surface area contributed by atoms with Crippen molar-refractivity contribution in [1.29, 1.82) is 0 Å². The molecule has 0 aliphatic carbocycles. The van der Waals surface area contributed by atoms with Gasteiger partial charge >= 0.3 is 0 Å². The number of rotatable bonds is 1. The number of fused-ring (bicyclic) bond motifs is 1. The summed E-state index contributed by atoms with van der Waals surface area (Å²) in [4.78, 5) is 0. The van der Waals surface area contributed by atoms with Crippen molar-refractivity contribution in [1.82, 2.24) is 0 Å². The van der Waals surface area contributed by atoms with Crippen molar-refractivity contribution in [3.05, 3.63) is 22.2 Å². The van der Waals surface area contributed by atoms with Gasteiger partial charge in [-0.3, -0.25) is 0 Å². The molecule has 4 heteroatoms. The van der Waals surface area contributed by atoms with E-state index in [-0.39, 0.29) is 13.4 Å². The third kappa shape index (κ3) is 1.24. The first-order valence-electron chi connectivity index (χ1n) is 3.92. The predicted molar refractivity (Wildman–Crippen MR) is 48.2 cm³/mol. The first kappa shape index (κ1) is 8.66. The Morgan fingerprint density at radius 1 is 1.54 bits per heavy atom. The largest absolute Gasteiger partial charge is 0.454 e. The lowest BCUT2D eigenvalue weighted by Crippen LogP contribution is -1.94. The molecule has 0 fully saturated rings. The highest BCUT2D eigenvalue weighted by Gasteiger charge is 2.20. The van der Waals surface area contributed by atoms with E-state index in [4.69, 9.17) is 26.2 Å². The normalized spacial score (nSPS) is 13.5. The zero-order chi connectivity index (χ0) is 9.42. The van der Waals surface area contributed by atoms with Crippen LogP contribution in [0.2, 0.25) is 5.02 Å². The number of aliphatic hydroxyl groups excluding tert-OH is 1. The SMILES string of the molecule is Cc1c(CO)c(Cl)cc2c1OCO2. The number of ether oxygens (including phenoxy) is 2. The smallest absolute Gasteiger partial charge is 0.231 e. The predicted octanol–water partition coefficient (Wildman–Crippen LogP) is 1.87. The van der Waals surface area contributed by atoms with Crippen LogP contribution in [-0.2, 0) is 6.61 Å². The van der Waals surface area contributed by atoms with Crippen molar-refractivity contribution in [3.63, 3.8) is 0 Å². The molecule has 70 valence electrons. The minimum absolute atomic E-state index is 0.0820. The summed E-state index contributed by atoms with van der Waals surface area (Å²) in [6, 6.07) is 1.67. The highest BCUT2D eigenvalue weighted by atomic mass is 35.5. The van der Waals surface area contributed by atoms with Crippen molar-refractivity contribution in [2.75, 3.05) is 6.79 Å². The van der Waals surface area contributed by atoms with Gasteiger partial charge < -0.3 is 14.6 Å². The van der Waals surface area contributed by atoms with Gasteiger partial charge in [-0.15, -0.1) is 0 Å². The van der Waals surface area contributed by atoms with E-state index in [1.165, 1.54) is 0 Å². The molecule has 1 heterocycles. The molecule has 0 aromatic heterocycles. The summed E-state index contributed by atoms with van der Waals surface area (Å²) >= 11 is 5.92. The van der Waals surface area contributed by atoms with Gasteiger partial charge in [-0.2, -0.15) is 0 Å². The van der Waals surface area contributed by atoms with Gasteiger partial charge in [-0.25, -0.2) is 0 Å². The van der Waals surface area contributed by atoms with E-state index in [9.17, 15) is 0 Å². The molecule has 1 aromatic rings. The van der Waals surface area contributed by atoms with Crippen LogP contribution in [0.1, 0.15) is 11.1 Å². The summed E-state index contributed by atoms with van der Waals surface area (Å²) in [6.07, 6.45) is 0. The Bertz CT molecular complexity index is 345. The second kappa shape index (κ2) is 3.09. The molecule has 1 aromatic carbocycles. The number of halogens is 1. The second-order valence-electron chi connectivity index (χ2n) is 2.85. The lowest BCUT2D eigenvalue weighted by atomic mass is 10.1. The van der Waals surface area contributed by atoms with Crippen molar-refractivity contribution in [2.45, 2.75) is 13.5 Å². The second-order valence-corrected chi connectivity index (χ2v) is 3.26. The summed E-state index contributed by atoms with van der Waals surface area (Å²) in [5, 5.41) is 9.57. The Morgan fingerprint density at radius 2 is 2.31 bits per heavy atom. The van der Waals surface area contributed by atoms with Crippen LogP contribution in [0.3, 0.4) is 0 Å². The highest BCUT2D eigenvalue weighted by Crippen LogP contribution is 2.40. The molecule has 0 radical (unpaired) electrons. The van der Waals surface area contributed by atoms with Crippen molar-refractivity contribution >= 4 is 11.6 Å². The van der Waals surface area contributed by atoms with Crippen LogP contribution in [-0.4, -0.2) is 11.9 Å². The molecule has 0 amide bonds. The van der Waals surface area contributed by atoms with Gasteiger partial charge in [0.1, 0.15) is 0 Å². The number of hydrogen-bond donors (Lipinski definition) is 1. The summed E-state index contributed by atoms with van der Waals surface area (Å²) in [7, 11) is 0. The molecule has 0 saturated carbocycles. The van der Waals surface area contributed by atoms with Crippen molar-refractivity contribution < 1.29 is 14.6 Å². The maximum atomic E-state index is 9.05. The van der Waals surface area contributed by atoms with Gasteiger partial charge in [0, 0.05) is 17.2 Å². The van der Waals surface area contributed by atoms with E-state index >= 15 is 0 Å². The first-order valence-corrected chi connectivity index (χ1v) is 4.30. The number of aliphatic hydroxyl groups is 1. The van der Waals surface area contributed by atoms with E-state index in [1.54, 1.807) is 6.07 Å². The van der Waals surface area contributed by atoms with E-state index in [0.717, 1.165) is 5.56 Å². The highest BCUT2D eigenvalue weighted by molar-refractivity contribution is 6.31. The van der Waals surface area contributed by atoms with Crippen LogP contribution in [0.25, 0.3) is 0 Å². The molecule has 0 saturated heterocycles. The number of benzene rings is 1. The quantitative estimate of drug-likeness (QED) is 0.752. The minimum Gasteiger partial charge on any atom is -0.454 e. The molecule has 13 heavy (non-hydrogen) atoms. The van der Waals surface area contributed by atoms with Gasteiger partial charge in [-0.05, 0) is 6.92 Å². The summed E-state index contributed by atoms with van der Waals surface area (Å²) in [6.45, 7) is 1.99. The Labute approximate surface area is 80.8 Å². The average molecular weight is 201 g/mol. The summed E-state index contributed by atoms with van der Waals surface area (Å²) in [5.74, 6) is 1.34. The Morgan fingerprint density at radius 3 is 3.00 bits per heavy atom. The average Bonchev–Trinajstić information content (AvgIpc) is 2.53. The minimum atomic E-state index is -0.0820. The molecule has 0 spiro atoms. The monoisotopic (exact) mass is 200 g/mol. The molecule has 1 N–H and O–H groups in total. The molecule has 1 aliphatic rings. The van der Waals surface area contributed by atoms with Crippen molar-refractivity contribution in [3.8, 4) is 11.5 Å². The van der Waals surface area contributed by atoms with Crippen LogP contribution >= 0.6 is 11.6 Å². The molecule has 2 rings (SSSR count). The van der Waals surface area contributed by atoms with Gasteiger partial charge in [0.05, 0.1) is 11.6 Å². The van der Waals surface area contributed by atoms with Crippen molar-refractivity contribution in [2.24, 2.45) is 0 Å². The number of hydrogen-bond acceptors (Lipinski definition) is 3. The third-order valence-electron chi connectivity index (χ3n) is 2.14. The molecular formula is C9H9ClO3. The van der Waals surface area contributed by atoms with E-state index in [0.29, 0.717) is 22.1 Å². The first-order chi connectivity index (χ1) is 6.24. The maximum absolute atomic E-state index is 9.05. The van der Waals surface area contributed by atoms with Crippen LogP contribution in [0.15, 0.2) is 6.07 Å². The fourth-order valence-corrected chi connectivity index (χ4v) is 1.70. The molecular weight excluding hydrogens is 192 g/mol. The molecule has 0 unspecified atom stereocenters. The van der Waals surface area contributed by atoms with Crippen LogP contribution in [0.5, 0.6) is 11.5 Å². The van der Waals surface area contributed by atoms with E-state index in [2.05, 4.69) is 0 Å². The van der Waals surface area contributed by atoms with Gasteiger partial charge in [0.2, 0.25) is 6.79 Å². The standard InChI is InChI=1S/C9H9ClO3/c1-5-6(3-11)7(10)2-8-9(5)13-4-12-8/h2,11H,3-4H2,1H3. The molecule has 1 aliphatic heterocycles. The topological polar surface area (TPSA) is 38.7 Å². The lowest BCUT2D eigenvalue weighted by Gasteiger charge is -2.07. The maximum Gasteiger partial charge on any atom is 0.231 e. The lowest BCUT2D eigenvalue weighted by molar-refractivity contribution is 0.173. The zero-order valence-electron chi connectivity index (χ0n) is 7.13. The Kier molecular flexibility index (Phi) is 2.06. The summed E-state index contributed by atoms with van der Waals surface area (Å²) in [5.41, 5.74) is 1.55. The van der Waals surface area contributed by atoms with Crippen LogP contribution in [0.4, 0.5) is 0 Å². The fourth-order valence-electron chi connectivity index (χ4n) is 1.40.